The molecule has 1 aliphatic heterocycles. The smallest absolute Gasteiger partial charge is 0.238 e. The summed E-state index contributed by atoms with van der Waals surface area (Å²) in [5.41, 5.74) is 0.661. The predicted octanol–water partition coefficient (Wildman–Crippen LogP) is 1.59. The minimum atomic E-state index is -0.0995. The van der Waals surface area contributed by atoms with E-state index in [1.165, 1.54) is 0 Å². The lowest BCUT2D eigenvalue weighted by molar-refractivity contribution is -0.132. The maximum Gasteiger partial charge on any atom is 0.238 e. The summed E-state index contributed by atoms with van der Waals surface area (Å²) in [7, 11) is 1.58. The Morgan fingerprint density at radius 1 is 1.22 bits per heavy atom. The first-order valence-electron chi connectivity index (χ1n) is 9.27. The van der Waals surface area contributed by atoms with E-state index in [1.807, 2.05) is 34.1 Å². The second kappa shape index (κ2) is 12.5. The summed E-state index contributed by atoms with van der Waals surface area (Å²) in [4.78, 5) is 28.7. The van der Waals surface area contributed by atoms with Gasteiger partial charge in [0.1, 0.15) is 5.75 Å². The number of hydrogen-bond donors (Lipinski definition) is 2. The van der Waals surface area contributed by atoms with Gasteiger partial charge in [-0.2, -0.15) is 0 Å². The molecule has 1 heterocycles. The first-order chi connectivity index (χ1) is 12.6. The van der Waals surface area contributed by atoms with Crippen LogP contribution in [0.25, 0.3) is 0 Å². The third-order valence-corrected chi connectivity index (χ3v) is 4.40. The lowest BCUT2D eigenvalue weighted by atomic mass is 10.2. The second-order valence-corrected chi connectivity index (χ2v) is 6.41. The van der Waals surface area contributed by atoms with Crippen molar-refractivity contribution in [2.75, 3.05) is 58.2 Å². The zero-order valence-corrected chi connectivity index (χ0v) is 17.0. The van der Waals surface area contributed by atoms with Crippen LogP contribution in [0.2, 0.25) is 0 Å². The van der Waals surface area contributed by atoms with Crippen LogP contribution in [0, 0.1) is 0 Å². The van der Waals surface area contributed by atoms with Crippen LogP contribution in [0.1, 0.15) is 19.8 Å². The first kappa shape index (κ1) is 23.2. The van der Waals surface area contributed by atoms with Gasteiger partial charge >= 0.3 is 0 Å². The summed E-state index contributed by atoms with van der Waals surface area (Å²) in [6, 6.07) is 7.34. The van der Waals surface area contributed by atoms with Crippen LogP contribution in [0.3, 0.4) is 0 Å². The zero-order chi connectivity index (χ0) is 18.8. The largest absolute Gasteiger partial charge is 0.495 e. The Hall–Kier alpha value is -1.83. The Balaban J connectivity index is 0.00000364. The van der Waals surface area contributed by atoms with Crippen LogP contribution in [0.5, 0.6) is 5.75 Å². The number of para-hydroxylation sites is 2. The fraction of sp³-hybridized carbons (Fsp3) is 0.579. The van der Waals surface area contributed by atoms with E-state index in [-0.39, 0.29) is 30.8 Å². The maximum atomic E-state index is 12.4. The number of benzene rings is 1. The molecule has 0 radical (unpaired) electrons. The number of amides is 2. The fourth-order valence-electron chi connectivity index (χ4n) is 3.05. The molecule has 1 saturated heterocycles. The molecule has 8 heteroatoms. The Bertz CT molecular complexity index is 594. The quantitative estimate of drug-likeness (QED) is 0.660. The van der Waals surface area contributed by atoms with Gasteiger partial charge in [-0.3, -0.25) is 14.5 Å². The average molecular weight is 399 g/mol. The number of nitrogens with one attached hydrogen (secondary N) is 2. The summed E-state index contributed by atoms with van der Waals surface area (Å²) >= 11 is 0. The number of rotatable bonds is 9. The van der Waals surface area contributed by atoms with Gasteiger partial charge in [0, 0.05) is 39.1 Å². The van der Waals surface area contributed by atoms with E-state index < -0.39 is 0 Å². The molecule has 2 amide bonds. The highest BCUT2D eigenvalue weighted by molar-refractivity contribution is 5.93. The minimum absolute atomic E-state index is 0. The minimum Gasteiger partial charge on any atom is -0.495 e. The highest BCUT2D eigenvalue weighted by Crippen LogP contribution is 2.22. The van der Waals surface area contributed by atoms with Crippen LogP contribution >= 0.6 is 12.4 Å². The van der Waals surface area contributed by atoms with Crippen LogP contribution in [0.15, 0.2) is 24.3 Å². The number of carbonyl (C=O) groups excluding carboxylic acids is 2. The van der Waals surface area contributed by atoms with E-state index in [1.54, 1.807) is 7.11 Å². The van der Waals surface area contributed by atoms with Crippen molar-refractivity contribution in [3.05, 3.63) is 24.3 Å². The molecule has 7 nitrogen and oxygen atoms in total. The van der Waals surface area contributed by atoms with Crippen molar-refractivity contribution >= 4 is 29.9 Å². The monoisotopic (exact) mass is 398 g/mol. The van der Waals surface area contributed by atoms with E-state index in [9.17, 15) is 9.59 Å². The maximum absolute atomic E-state index is 12.4. The van der Waals surface area contributed by atoms with Crippen molar-refractivity contribution < 1.29 is 14.3 Å². The molecule has 1 aliphatic rings. The first-order valence-corrected chi connectivity index (χ1v) is 9.27. The zero-order valence-electron chi connectivity index (χ0n) is 16.2. The van der Waals surface area contributed by atoms with Gasteiger partial charge in [0.2, 0.25) is 11.8 Å². The van der Waals surface area contributed by atoms with E-state index in [0.29, 0.717) is 24.4 Å². The molecule has 0 unspecified atom stereocenters. The van der Waals surface area contributed by atoms with E-state index in [2.05, 4.69) is 17.6 Å². The van der Waals surface area contributed by atoms with Gasteiger partial charge in [-0.25, -0.2) is 0 Å². The van der Waals surface area contributed by atoms with Gasteiger partial charge in [-0.05, 0) is 25.1 Å². The molecule has 0 aliphatic carbocycles. The third-order valence-electron chi connectivity index (χ3n) is 4.40. The highest BCUT2D eigenvalue weighted by Gasteiger charge is 2.18. The Labute approximate surface area is 167 Å². The molecule has 2 N–H and O–H groups in total. The normalized spacial score (nSPS) is 13.8. The number of nitrogens with zero attached hydrogens (tertiary/aromatic N) is 2. The second-order valence-electron chi connectivity index (χ2n) is 6.41. The fourth-order valence-corrected chi connectivity index (χ4v) is 3.05. The van der Waals surface area contributed by atoms with Crippen molar-refractivity contribution in [2.45, 2.75) is 19.8 Å². The predicted molar refractivity (Wildman–Crippen MR) is 110 cm³/mol. The van der Waals surface area contributed by atoms with Gasteiger partial charge in [0.05, 0.1) is 19.3 Å². The molecule has 0 aromatic heterocycles. The van der Waals surface area contributed by atoms with E-state index in [0.717, 1.165) is 39.1 Å². The summed E-state index contributed by atoms with van der Waals surface area (Å²) in [5.74, 6) is 0.701. The number of carbonyl (C=O) groups is 2. The molecule has 1 fully saturated rings. The summed E-state index contributed by atoms with van der Waals surface area (Å²) in [6.07, 6.45) is 1.38. The average Bonchev–Trinajstić information content (AvgIpc) is 2.67. The molecule has 0 saturated carbocycles. The van der Waals surface area contributed by atoms with Crippen LogP contribution in [-0.2, 0) is 9.59 Å². The SMILES string of the molecule is CCCN(CCC(=O)N1CCNCC1)CC(=O)Nc1ccccc1OC.Cl. The Kier molecular flexibility index (Phi) is 10.8. The molecule has 0 bridgehead atoms. The number of methoxy groups -OCH3 is 1. The number of hydrogen-bond acceptors (Lipinski definition) is 5. The molecular formula is C19H31ClN4O3. The number of ether oxygens (including phenoxy) is 1. The summed E-state index contributed by atoms with van der Waals surface area (Å²) < 4.78 is 5.26. The van der Waals surface area contributed by atoms with Crippen LogP contribution in [-0.4, -0.2) is 74.5 Å². The van der Waals surface area contributed by atoms with E-state index in [4.69, 9.17) is 4.74 Å². The van der Waals surface area contributed by atoms with E-state index >= 15 is 0 Å². The Morgan fingerprint density at radius 2 is 1.93 bits per heavy atom. The molecule has 2 rings (SSSR count). The molecule has 0 spiro atoms. The van der Waals surface area contributed by atoms with Gasteiger partial charge in [0.15, 0.2) is 0 Å². The third kappa shape index (κ3) is 7.74. The van der Waals surface area contributed by atoms with Gasteiger partial charge in [-0.1, -0.05) is 19.1 Å². The topological polar surface area (TPSA) is 73.9 Å². The van der Waals surface area contributed by atoms with Gasteiger partial charge in [-0.15, -0.1) is 12.4 Å². The summed E-state index contributed by atoms with van der Waals surface area (Å²) in [6.45, 7) is 6.95. The lowest BCUT2D eigenvalue weighted by Crippen LogP contribution is -2.47. The van der Waals surface area contributed by atoms with Crippen molar-refractivity contribution in [1.29, 1.82) is 0 Å². The molecule has 27 heavy (non-hydrogen) atoms. The molecule has 1 aromatic carbocycles. The van der Waals surface area contributed by atoms with Crippen LogP contribution < -0.4 is 15.4 Å². The van der Waals surface area contributed by atoms with Gasteiger partial charge < -0.3 is 20.3 Å². The lowest BCUT2D eigenvalue weighted by Gasteiger charge is -2.28. The molecule has 1 aromatic rings. The van der Waals surface area contributed by atoms with Crippen LogP contribution in [0.4, 0.5) is 5.69 Å². The van der Waals surface area contributed by atoms with Crippen molar-refractivity contribution in [3.63, 3.8) is 0 Å². The van der Waals surface area contributed by atoms with Crippen molar-refractivity contribution in [1.82, 2.24) is 15.1 Å². The molecular weight excluding hydrogens is 368 g/mol. The number of piperazine rings is 1. The molecule has 0 atom stereocenters. The summed E-state index contributed by atoms with van der Waals surface area (Å²) in [5, 5.41) is 6.14. The van der Waals surface area contributed by atoms with Crippen molar-refractivity contribution in [3.8, 4) is 5.75 Å². The number of anilines is 1. The highest BCUT2D eigenvalue weighted by atomic mass is 35.5. The Morgan fingerprint density at radius 3 is 2.59 bits per heavy atom. The van der Waals surface area contributed by atoms with Gasteiger partial charge in [0.25, 0.3) is 0 Å². The van der Waals surface area contributed by atoms with Crippen molar-refractivity contribution in [2.24, 2.45) is 0 Å². The molecule has 152 valence electrons. The number of halogens is 1. The standard InChI is InChI=1S/C19H30N4O3.ClH/c1-3-11-22(12-8-19(25)23-13-9-20-10-14-23)15-18(24)21-16-6-4-5-7-17(16)26-2;/h4-7,20H,3,8-15H2,1-2H3,(H,21,24);1H.